The molecule has 0 atom stereocenters. The van der Waals surface area contributed by atoms with Crippen LogP contribution in [0.25, 0.3) is 11.1 Å². The molecule has 1 aliphatic rings. The van der Waals surface area contributed by atoms with Crippen LogP contribution in [0.2, 0.25) is 0 Å². The van der Waals surface area contributed by atoms with Crippen molar-refractivity contribution in [2.75, 3.05) is 0 Å². The Hall–Kier alpha value is -1.79. The van der Waals surface area contributed by atoms with Gasteiger partial charge in [-0.05, 0) is 60.9 Å². The molecule has 0 radical (unpaired) electrons. The highest BCUT2D eigenvalue weighted by Gasteiger charge is 2.29. The monoisotopic (exact) mass is 379 g/mol. The molecule has 1 aliphatic carbocycles. The molecule has 140 valence electrons. The van der Waals surface area contributed by atoms with Gasteiger partial charge in [-0.2, -0.15) is 0 Å². The molecule has 0 heterocycles. The third kappa shape index (κ3) is 4.30. The van der Waals surface area contributed by atoms with E-state index in [-0.39, 0.29) is 21.9 Å². The maximum Gasteiger partial charge on any atom is 0.240 e. The third-order valence-electron chi connectivity index (χ3n) is 5.07. The molecule has 0 spiro atoms. The zero-order valence-electron chi connectivity index (χ0n) is 14.9. The molecule has 3 nitrogen and oxygen atoms in total. The minimum absolute atomic E-state index is 0.0535. The maximum absolute atomic E-state index is 13.9. The average molecular weight is 379 g/mol. The van der Waals surface area contributed by atoms with Crippen molar-refractivity contribution in [2.24, 2.45) is 5.41 Å². The van der Waals surface area contributed by atoms with E-state index < -0.39 is 21.7 Å². The summed E-state index contributed by atoms with van der Waals surface area (Å²) in [6, 6.07) is 9.25. The molecule has 1 saturated carbocycles. The molecule has 0 unspecified atom stereocenters. The van der Waals surface area contributed by atoms with E-state index >= 15 is 0 Å². The number of benzene rings is 2. The van der Waals surface area contributed by atoms with Crippen LogP contribution in [-0.4, -0.2) is 14.5 Å². The van der Waals surface area contributed by atoms with E-state index in [4.69, 9.17) is 0 Å². The first-order valence-electron chi connectivity index (χ1n) is 8.74. The van der Waals surface area contributed by atoms with E-state index in [1.165, 1.54) is 36.4 Å². The van der Waals surface area contributed by atoms with Crippen LogP contribution >= 0.6 is 0 Å². The first-order valence-corrected chi connectivity index (χ1v) is 10.2. The Morgan fingerprint density at radius 2 is 1.62 bits per heavy atom. The summed E-state index contributed by atoms with van der Waals surface area (Å²) in [6.45, 7) is 4.40. The third-order valence-corrected chi connectivity index (χ3v) is 6.60. The summed E-state index contributed by atoms with van der Waals surface area (Å²) in [5, 5.41) is 0. The number of halogens is 2. The average Bonchev–Trinajstić information content (AvgIpc) is 2.57. The summed E-state index contributed by atoms with van der Waals surface area (Å²) >= 11 is 0. The molecule has 0 amide bonds. The molecule has 1 fully saturated rings. The number of nitrogens with one attached hydrogen (secondary N) is 1. The Morgan fingerprint density at radius 1 is 1.00 bits per heavy atom. The largest absolute Gasteiger partial charge is 0.240 e. The minimum Gasteiger partial charge on any atom is -0.208 e. The van der Waals surface area contributed by atoms with Gasteiger partial charge < -0.3 is 0 Å². The van der Waals surface area contributed by atoms with Gasteiger partial charge in [0, 0.05) is 17.7 Å². The van der Waals surface area contributed by atoms with Crippen LogP contribution in [0.4, 0.5) is 8.78 Å². The fourth-order valence-electron chi connectivity index (χ4n) is 3.34. The number of sulfonamides is 1. The molecule has 0 saturated heterocycles. The number of hydrogen-bond acceptors (Lipinski definition) is 2. The second kappa shape index (κ2) is 7.08. The van der Waals surface area contributed by atoms with E-state index in [2.05, 4.69) is 18.6 Å². The minimum atomic E-state index is -3.62. The van der Waals surface area contributed by atoms with Crippen molar-refractivity contribution in [3.63, 3.8) is 0 Å². The van der Waals surface area contributed by atoms with E-state index in [9.17, 15) is 17.2 Å². The van der Waals surface area contributed by atoms with Crippen LogP contribution in [0.1, 0.15) is 39.5 Å². The fourth-order valence-corrected chi connectivity index (χ4v) is 4.65. The van der Waals surface area contributed by atoms with Gasteiger partial charge in [-0.1, -0.05) is 26.0 Å². The van der Waals surface area contributed by atoms with Crippen LogP contribution in [0.5, 0.6) is 0 Å². The number of rotatable bonds is 4. The first kappa shape index (κ1) is 19.0. The number of hydrogen-bond donors (Lipinski definition) is 1. The van der Waals surface area contributed by atoms with Gasteiger partial charge in [0.15, 0.2) is 0 Å². The Kier molecular flexibility index (Phi) is 5.17. The fraction of sp³-hybridized carbons (Fsp3) is 0.400. The molecule has 2 aromatic carbocycles. The Labute approximate surface area is 153 Å². The molecule has 0 aromatic heterocycles. The lowest BCUT2D eigenvalue weighted by molar-refractivity contribution is 0.218. The predicted molar refractivity (Wildman–Crippen MR) is 98.2 cm³/mol. The van der Waals surface area contributed by atoms with Crippen molar-refractivity contribution in [1.29, 1.82) is 0 Å². The topological polar surface area (TPSA) is 46.2 Å². The molecule has 6 heteroatoms. The quantitative estimate of drug-likeness (QED) is 0.823. The van der Waals surface area contributed by atoms with Crippen molar-refractivity contribution in [1.82, 2.24) is 4.72 Å². The van der Waals surface area contributed by atoms with E-state index in [0.717, 1.165) is 31.7 Å². The highest BCUT2D eigenvalue weighted by Crippen LogP contribution is 2.35. The molecular weight excluding hydrogens is 356 g/mol. The Morgan fingerprint density at radius 3 is 2.19 bits per heavy atom. The summed E-state index contributed by atoms with van der Waals surface area (Å²) in [4.78, 5) is 0.147. The smallest absolute Gasteiger partial charge is 0.208 e. The summed E-state index contributed by atoms with van der Waals surface area (Å²) in [6.07, 6.45) is 3.63. The molecule has 26 heavy (non-hydrogen) atoms. The normalized spacial score (nSPS) is 18.0. The van der Waals surface area contributed by atoms with Gasteiger partial charge in [0.2, 0.25) is 10.0 Å². The standard InChI is InChI=1S/C20H23F2NO2S/c1-20(2)11-9-16(10-12-20)23-26(24,25)17-6-3-14(4-7-17)18-8-5-15(21)13-19(18)22/h3-8,13,16,23H,9-12H2,1-2H3. The van der Waals surface area contributed by atoms with Gasteiger partial charge in [0.1, 0.15) is 11.6 Å². The Bertz CT molecular complexity index is 883. The van der Waals surface area contributed by atoms with Gasteiger partial charge in [0.25, 0.3) is 0 Å². The summed E-state index contributed by atoms with van der Waals surface area (Å²) in [5.74, 6) is -1.33. The van der Waals surface area contributed by atoms with Crippen molar-refractivity contribution in [3.8, 4) is 11.1 Å². The van der Waals surface area contributed by atoms with Crippen LogP contribution in [-0.2, 0) is 10.0 Å². The lowest BCUT2D eigenvalue weighted by Crippen LogP contribution is -2.39. The van der Waals surface area contributed by atoms with E-state index in [0.29, 0.717) is 5.56 Å². The summed E-state index contributed by atoms with van der Waals surface area (Å²) in [7, 11) is -3.62. The van der Waals surface area contributed by atoms with Gasteiger partial charge in [-0.3, -0.25) is 0 Å². The first-order chi connectivity index (χ1) is 12.2. The zero-order valence-corrected chi connectivity index (χ0v) is 15.7. The van der Waals surface area contributed by atoms with Crippen molar-refractivity contribution >= 4 is 10.0 Å². The molecule has 1 N–H and O–H groups in total. The molecule has 2 aromatic rings. The lowest BCUT2D eigenvalue weighted by atomic mass is 9.76. The highest BCUT2D eigenvalue weighted by atomic mass is 32.2. The summed E-state index contributed by atoms with van der Waals surface area (Å²) in [5.41, 5.74) is 1.00. The predicted octanol–water partition coefficient (Wildman–Crippen LogP) is 4.88. The maximum atomic E-state index is 13.9. The van der Waals surface area contributed by atoms with Crippen molar-refractivity contribution in [2.45, 2.75) is 50.5 Å². The molecular formula is C20H23F2NO2S. The SMILES string of the molecule is CC1(C)CCC(NS(=O)(=O)c2ccc(-c3ccc(F)cc3F)cc2)CC1. The van der Waals surface area contributed by atoms with Crippen LogP contribution in [0, 0.1) is 17.0 Å². The Balaban J connectivity index is 1.75. The van der Waals surface area contributed by atoms with Crippen LogP contribution in [0.15, 0.2) is 47.4 Å². The van der Waals surface area contributed by atoms with Crippen LogP contribution in [0.3, 0.4) is 0 Å². The summed E-state index contributed by atoms with van der Waals surface area (Å²) < 4.78 is 54.8. The van der Waals surface area contributed by atoms with E-state index in [1.54, 1.807) is 0 Å². The lowest BCUT2D eigenvalue weighted by Gasteiger charge is -2.34. The second-order valence-corrected chi connectivity index (χ2v) is 9.42. The highest BCUT2D eigenvalue weighted by molar-refractivity contribution is 7.89. The molecule has 0 bridgehead atoms. The van der Waals surface area contributed by atoms with Gasteiger partial charge in [0.05, 0.1) is 4.90 Å². The van der Waals surface area contributed by atoms with Crippen LogP contribution < -0.4 is 4.72 Å². The molecule has 0 aliphatic heterocycles. The molecule has 3 rings (SSSR count). The van der Waals surface area contributed by atoms with Gasteiger partial charge in [-0.15, -0.1) is 0 Å². The zero-order chi connectivity index (χ0) is 18.9. The van der Waals surface area contributed by atoms with Crippen molar-refractivity contribution < 1.29 is 17.2 Å². The van der Waals surface area contributed by atoms with Gasteiger partial charge in [-0.25, -0.2) is 21.9 Å². The van der Waals surface area contributed by atoms with Gasteiger partial charge >= 0.3 is 0 Å². The van der Waals surface area contributed by atoms with E-state index in [1.807, 2.05) is 0 Å². The van der Waals surface area contributed by atoms with Crippen molar-refractivity contribution in [3.05, 3.63) is 54.1 Å². The second-order valence-electron chi connectivity index (χ2n) is 7.71.